The van der Waals surface area contributed by atoms with Crippen LogP contribution in [0.3, 0.4) is 0 Å². The van der Waals surface area contributed by atoms with Crippen LogP contribution in [-0.2, 0) is 0 Å². The van der Waals surface area contributed by atoms with Gasteiger partial charge >= 0.3 is 0 Å². The quantitative estimate of drug-likeness (QED) is 0.695. The Morgan fingerprint density at radius 1 is 1.42 bits per heavy atom. The van der Waals surface area contributed by atoms with E-state index in [1.54, 1.807) is 6.07 Å². The van der Waals surface area contributed by atoms with Crippen LogP contribution in [0.4, 0.5) is 5.13 Å². The molecule has 120 valence electrons. The average molecular weight is 356 g/mol. The average Bonchev–Trinajstić information content (AvgIpc) is 3.21. The Hall–Kier alpha value is -2.63. The summed E-state index contributed by atoms with van der Waals surface area (Å²) >= 11 is 2.74. The summed E-state index contributed by atoms with van der Waals surface area (Å²) in [4.78, 5) is 16.6. The molecule has 0 spiro atoms. The summed E-state index contributed by atoms with van der Waals surface area (Å²) in [6, 6.07) is 13.1. The van der Waals surface area contributed by atoms with Crippen LogP contribution >= 0.6 is 23.1 Å². The van der Waals surface area contributed by atoms with E-state index in [1.807, 2.05) is 37.3 Å². The summed E-state index contributed by atoms with van der Waals surface area (Å²) in [6.07, 6.45) is 0. The lowest BCUT2D eigenvalue weighted by Gasteiger charge is -1.96. The van der Waals surface area contributed by atoms with Crippen molar-refractivity contribution in [2.45, 2.75) is 11.1 Å². The van der Waals surface area contributed by atoms with Gasteiger partial charge in [0.2, 0.25) is 0 Å². The van der Waals surface area contributed by atoms with Crippen LogP contribution in [-0.4, -0.2) is 21.8 Å². The van der Waals surface area contributed by atoms with Crippen molar-refractivity contribution < 1.29 is 9.32 Å². The molecule has 1 amide bonds. The second kappa shape index (κ2) is 7.29. The van der Waals surface area contributed by atoms with E-state index >= 15 is 0 Å². The molecule has 0 aliphatic heterocycles. The summed E-state index contributed by atoms with van der Waals surface area (Å²) in [6.45, 7) is 1.84. The molecule has 0 saturated heterocycles. The number of hydrogen-bond acceptors (Lipinski definition) is 7. The third-order valence-corrected chi connectivity index (χ3v) is 5.35. The maximum atomic E-state index is 12.3. The molecule has 0 radical (unpaired) electrons. The molecule has 0 fully saturated rings. The first-order valence-electron chi connectivity index (χ1n) is 6.98. The van der Waals surface area contributed by atoms with Crippen LogP contribution in [0.25, 0.3) is 11.3 Å². The third-order valence-electron chi connectivity index (χ3n) is 3.04. The van der Waals surface area contributed by atoms with Gasteiger partial charge in [0.05, 0.1) is 21.7 Å². The van der Waals surface area contributed by atoms with Gasteiger partial charge in [-0.2, -0.15) is 5.26 Å². The van der Waals surface area contributed by atoms with Crippen LogP contribution in [0.1, 0.15) is 16.2 Å². The van der Waals surface area contributed by atoms with E-state index in [1.165, 1.54) is 23.1 Å². The number of aromatic nitrogens is 2. The SMILES string of the molecule is Cc1nc(NC(=O)c2cc(-c3ccccc3)on2)sc1SCC#N. The van der Waals surface area contributed by atoms with Crippen LogP contribution in [0.15, 0.2) is 45.1 Å². The van der Waals surface area contributed by atoms with Gasteiger partial charge in [-0.15, -0.1) is 0 Å². The fourth-order valence-electron chi connectivity index (χ4n) is 1.95. The minimum Gasteiger partial charge on any atom is -0.355 e. The number of carbonyl (C=O) groups excluding carboxylic acids is 1. The minimum atomic E-state index is -0.383. The Morgan fingerprint density at radius 3 is 2.96 bits per heavy atom. The van der Waals surface area contributed by atoms with Crippen LogP contribution < -0.4 is 5.32 Å². The molecule has 1 N–H and O–H groups in total. The predicted molar refractivity (Wildman–Crippen MR) is 93.1 cm³/mol. The van der Waals surface area contributed by atoms with Crippen molar-refractivity contribution in [2.24, 2.45) is 0 Å². The summed E-state index contributed by atoms with van der Waals surface area (Å²) in [7, 11) is 0. The third kappa shape index (κ3) is 3.64. The van der Waals surface area contributed by atoms with Crippen molar-refractivity contribution in [3.8, 4) is 17.4 Å². The molecule has 0 unspecified atom stereocenters. The second-order valence-electron chi connectivity index (χ2n) is 4.74. The minimum absolute atomic E-state index is 0.188. The van der Waals surface area contributed by atoms with Gasteiger partial charge < -0.3 is 4.52 Å². The van der Waals surface area contributed by atoms with Gasteiger partial charge in [-0.1, -0.05) is 58.6 Å². The van der Waals surface area contributed by atoms with Crippen molar-refractivity contribution in [3.63, 3.8) is 0 Å². The molecule has 0 bridgehead atoms. The molecule has 2 heterocycles. The van der Waals surface area contributed by atoms with E-state index in [-0.39, 0.29) is 11.6 Å². The number of nitrogens with one attached hydrogen (secondary N) is 1. The highest BCUT2D eigenvalue weighted by Gasteiger charge is 2.16. The Kier molecular flexibility index (Phi) is 4.93. The molecule has 24 heavy (non-hydrogen) atoms. The van der Waals surface area contributed by atoms with Gasteiger partial charge in [0.15, 0.2) is 16.6 Å². The number of amides is 1. The van der Waals surface area contributed by atoms with E-state index in [9.17, 15) is 4.79 Å². The van der Waals surface area contributed by atoms with Gasteiger partial charge in [0.25, 0.3) is 5.91 Å². The fraction of sp³-hybridized carbons (Fsp3) is 0.125. The number of carbonyl (C=O) groups is 1. The Bertz CT molecular complexity index is 896. The van der Waals surface area contributed by atoms with E-state index in [2.05, 4.69) is 21.5 Å². The molecule has 2 aromatic heterocycles. The van der Waals surface area contributed by atoms with E-state index in [0.717, 1.165) is 15.5 Å². The van der Waals surface area contributed by atoms with Crippen molar-refractivity contribution in [1.29, 1.82) is 5.26 Å². The highest BCUT2D eigenvalue weighted by Crippen LogP contribution is 2.32. The maximum absolute atomic E-state index is 12.3. The molecule has 3 rings (SSSR count). The normalized spacial score (nSPS) is 10.3. The van der Waals surface area contributed by atoms with E-state index < -0.39 is 0 Å². The number of hydrogen-bond donors (Lipinski definition) is 1. The molecular weight excluding hydrogens is 344 g/mol. The largest absolute Gasteiger partial charge is 0.355 e. The number of thioether (sulfide) groups is 1. The maximum Gasteiger partial charge on any atom is 0.279 e. The summed E-state index contributed by atoms with van der Waals surface area (Å²) in [5, 5.41) is 15.6. The topological polar surface area (TPSA) is 91.8 Å². The summed E-state index contributed by atoms with van der Waals surface area (Å²) < 4.78 is 6.14. The monoisotopic (exact) mass is 356 g/mol. The zero-order valence-electron chi connectivity index (χ0n) is 12.6. The first-order chi connectivity index (χ1) is 11.7. The molecule has 6 nitrogen and oxygen atoms in total. The number of nitriles is 1. The molecule has 0 aliphatic rings. The molecule has 1 aromatic carbocycles. The highest BCUT2D eigenvalue weighted by molar-refractivity contribution is 8.01. The van der Waals surface area contributed by atoms with E-state index in [4.69, 9.17) is 9.78 Å². The zero-order valence-corrected chi connectivity index (χ0v) is 14.3. The Balaban J connectivity index is 1.72. The summed E-state index contributed by atoms with van der Waals surface area (Å²) in [5.74, 6) is 0.494. The van der Waals surface area contributed by atoms with Crippen molar-refractivity contribution >= 4 is 34.1 Å². The van der Waals surface area contributed by atoms with Crippen molar-refractivity contribution in [3.05, 3.63) is 47.8 Å². The molecule has 0 atom stereocenters. The molecule has 0 aliphatic carbocycles. The van der Waals surface area contributed by atoms with Crippen LogP contribution in [0.5, 0.6) is 0 Å². The fourth-order valence-corrected chi connectivity index (χ4v) is 3.74. The number of nitrogens with zero attached hydrogens (tertiary/aromatic N) is 3. The number of anilines is 1. The molecule has 8 heteroatoms. The lowest BCUT2D eigenvalue weighted by Crippen LogP contribution is -2.11. The van der Waals surface area contributed by atoms with Crippen molar-refractivity contribution in [1.82, 2.24) is 10.1 Å². The van der Waals surface area contributed by atoms with Gasteiger partial charge in [-0.25, -0.2) is 4.98 Å². The van der Waals surface area contributed by atoms with Gasteiger partial charge in [-0.05, 0) is 6.92 Å². The number of aryl methyl sites for hydroxylation is 1. The first-order valence-corrected chi connectivity index (χ1v) is 8.78. The lowest BCUT2D eigenvalue weighted by atomic mass is 10.1. The van der Waals surface area contributed by atoms with Crippen LogP contribution in [0.2, 0.25) is 0 Å². The predicted octanol–water partition coefficient (Wildman–Crippen LogP) is 3.97. The number of rotatable bonds is 5. The zero-order chi connectivity index (χ0) is 16.9. The first kappa shape index (κ1) is 16.2. The molecular formula is C16H12N4O2S2. The molecule has 3 aromatic rings. The van der Waals surface area contributed by atoms with Crippen LogP contribution in [0, 0.1) is 18.3 Å². The van der Waals surface area contributed by atoms with Gasteiger partial charge in [0.1, 0.15) is 0 Å². The highest BCUT2D eigenvalue weighted by atomic mass is 32.2. The van der Waals surface area contributed by atoms with Crippen molar-refractivity contribution in [2.75, 3.05) is 11.1 Å². The lowest BCUT2D eigenvalue weighted by molar-refractivity contribution is 0.101. The van der Waals surface area contributed by atoms with E-state index in [0.29, 0.717) is 16.6 Å². The summed E-state index contributed by atoms with van der Waals surface area (Å²) in [5.41, 5.74) is 1.83. The standard InChI is InChI=1S/C16H12N4O2S2/c1-10-15(23-8-7-17)24-16(18-10)19-14(21)12-9-13(22-20-12)11-5-3-2-4-6-11/h2-6,9H,8H2,1H3,(H,18,19,21). The van der Waals surface area contributed by atoms with Gasteiger partial charge in [-0.3, -0.25) is 10.1 Å². The smallest absolute Gasteiger partial charge is 0.279 e. The second-order valence-corrected chi connectivity index (χ2v) is 6.98. The molecule has 0 saturated carbocycles. The Morgan fingerprint density at radius 2 is 2.21 bits per heavy atom. The van der Waals surface area contributed by atoms with Gasteiger partial charge in [0, 0.05) is 11.6 Å². The number of benzene rings is 1. The Labute approximate surface area is 146 Å². The number of thiazole rings is 1.